The third-order valence-electron chi connectivity index (χ3n) is 3.38. The van der Waals surface area contributed by atoms with E-state index in [1.807, 2.05) is 0 Å². The van der Waals surface area contributed by atoms with E-state index in [-0.39, 0.29) is 6.61 Å². The zero-order valence-corrected chi connectivity index (χ0v) is 15.0. The van der Waals surface area contributed by atoms with Crippen molar-refractivity contribution in [1.82, 2.24) is 0 Å². The number of ether oxygens (including phenoxy) is 5. The lowest BCUT2D eigenvalue weighted by molar-refractivity contribution is -0.189. The van der Waals surface area contributed by atoms with Crippen molar-refractivity contribution in [2.24, 2.45) is 0 Å². The van der Waals surface area contributed by atoms with E-state index in [1.54, 1.807) is 0 Å². The zero-order chi connectivity index (χ0) is 16.3. The second-order valence-corrected chi connectivity index (χ2v) is 9.69. The van der Waals surface area contributed by atoms with E-state index in [4.69, 9.17) is 93.3 Å². The first-order valence-electron chi connectivity index (χ1n) is 6.12. The summed E-state index contributed by atoms with van der Waals surface area (Å²) in [4.78, 5) is 0. The number of fused-ring (bicyclic) bond motifs is 1. The average Bonchev–Trinajstić information content (AvgIpc) is 3.03. The molecule has 3 aliphatic rings. The number of alkyl halides is 6. The van der Waals surface area contributed by atoms with Crippen LogP contribution in [0.1, 0.15) is 0 Å². The third-order valence-corrected chi connectivity index (χ3v) is 4.45. The summed E-state index contributed by atoms with van der Waals surface area (Å²) in [5, 5.41) is 10.3. The molecule has 12 heteroatoms. The van der Waals surface area contributed by atoms with Crippen LogP contribution < -0.4 is 0 Å². The smallest absolute Gasteiger partial charge is 0.241 e. The van der Waals surface area contributed by atoms with E-state index in [0.29, 0.717) is 0 Å². The van der Waals surface area contributed by atoms with Gasteiger partial charge < -0.3 is 28.8 Å². The molecule has 3 saturated heterocycles. The Morgan fingerprint density at radius 2 is 1.41 bits per heavy atom. The molecule has 0 aliphatic carbocycles. The predicted octanol–water partition coefficient (Wildman–Crippen LogP) is 2.30. The van der Waals surface area contributed by atoms with E-state index in [9.17, 15) is 5.11 Å². The summed E-state index contributed by atoms with van der Waals surface area (Å²) in [7, 11) is 0. The number of aliphatic hydroxyl groups is 1. The van der Waals surface area contributed by atoms with Crippen LogP contribution >= 0.6 is 69.6 Å². The second kappa shape index (κ2) is 6.34. The summed E-state index contributed by atoms with van der Waals surface area (Å²) in [5.74, 6) is 0. The molecule has 22 heavy (non-hydrogen) atoms. The second-order valence-electron chi connectivity index (χ2n) is 4.95. The molecule has 6 nitrogen and oxygen atoms in total. The summed E-state index contributed by atoms with van der Waals surface area (Å²) >= 11 is 34.2. The Morgan fingerprint density at radius 1 is 0.773 bits per heavy atom. The van der Waals surface area contributed by atoms with E-state index in [0.717, 1.165) is 0 Å². The normalized spacial score (nSPS) is 46.2. The molecule has 0 radical (unpaired) electrons. The van der Waals surface area contributed by atoms with Crippen LogP contribution in [-0.4, -0.2) is 62.6 Å². The van der Waals surface area contributed by atoms with Crippen LogP contribution in [0.15, 0.2) is 0 Å². The standard InChI is InChI=1S/C10H10Cl6O6/c11-9(12,13)7-18-1-2(19-7)4-3(17)5-6(20-4)22-8(21-5)10(14,15)16/h2-8,17H,1H2/t2-,3+,4-,5-,6+,7-,8+/m0/s1. The molecule has 7 atom stereocenters. The van der Waals surface area contributed by atoms with Crippen LogP contribution in [0.5, 0.6) is 0 Å². The highest BCUT2D eigenvalue weighted by molar-refractivity contribution is 6.68. The van der Waals surface area contributed by atoms with Gasteiger partial charge in [0.2, 0.25) is 20.2 Å². The van der Waals surface area contributed by atoms with Gasteiger partial charge >= 0.3 is 0 Å². The van der Waals surface area contributed by atoms with Gasteiger partial charge in [0.25, 0.3) is 0 Å². The van der Waals surface area contributed by atoms with Crippen molar-refractivity contribution in [2.75, 3.05) is 6.61 Å². The van der Waals surface area contributed by atoms with Crippen molar-refractivity contribution in [2.45, 2.75) is 50.9 Å². The van der Waals surface area contributed by atoms with Gasteiger partial charge in [0.1, 0.15) is 24.4 Å². The maximum atomic E-state index is 10.3. The summed E-state index contributed by atoms with van der Waals surface area (Å²) in [6, 6.07) is 0. The number of rotatable bonds is 1. The summed E-state index contributed by atoms with van der Waals surface area (Å²) in [6.45, 7) is 0.0770. The Labute approximate surface area is 155 Å². The van der Waals surface area contributed by atoms with Crippen molar-refractivity contribution in [3.8, 4) is 0 Å². The first-order valence-corrected chi connectivity index (χ1v) is 8.39. The van der Waals surface area contributed by atoms with E-state index in [2.05, 4.69) is 0 Å². The van der Waals surface area contributed by atoms with Crippen LogP contribution in [0.4, 0.5) is 0 Å². The molecule has 3 rings (SSSR count). The predicted molar refractivity (Wildman–Crippen MR) is 79.6 cm³/mol. The van der Waals surface area contributed by atoms with Crippen LogP contribution in [0.25, 0.3) is 0 Å². The summed E-state index contributed by atoms with van der Waals surface area (Å²) in [6.07, 6.45) is -6.43. The maximum Gasteiger partial charge on any atom is 0.241 e. The SMILES string of the molecule is O[C@H]1[C@@H]2O[C@@H](C(Cl)(Cl)Cl)O[C@H]2O[C@H]1[C@@H]1CO[C@H](C(Cl)(Cl)Cl)O1. The van der Waals surface area contributed by atoms with Crippen molar-refractivity contribution < 1.29 is 28.8 Å². The Hall–Kier alpha value is 1.50. The molecule has 0 aromatic carbocycles. The topological polar surface area (TPSA) is 66.4 Å². The lowest BCUT2D eigenvalue weighted by Gasteiger charge is -2.25. The minimum atomic E-state index is -1.80. The minimum absolute atomic E-state index is 0.0770. The van der Waals surface area contributed by atoms with Gasteiger partial charge in [-0.15, -0.1) is 0 Å². The van der Waals surface area contributed by atoms with E-state index in [1.165, 1.54) is 0 Å². The Morgan fingerprint density at radius 3 is 1.91 bits per heavy atom. The van der Waals surface area contributed by atoms with Gasteiger partial charge in [-0.2, -0.15) is 0 Å². The minimum Gasteiger partial charge on any atom is -0.387 e. The molecule has 3 fully saturated rings. The Bertz CT molecular complexity index is 427. The highest BCUT2D eigenvalue weighted by atomic mass is 35.6. The third kappa shape index (κ3) is 3.54. The fourth-order valence-electron chi connectivity index (χ4n) is 2.44. The summed E-state index contributed by atoms with van der Waals surface area (Å²) < 4.78 is 23.4. The number of halogens is 6. The molecular weight excluding hydrogens is 429 g/mol. The van der Waals surface area contributed by atoms with Crippen LogP contribution in [0.2, 0.25) is 0 Å². The lowest BCUT2D eigenvalue weighted by Crippen LogP contribution is -2.42. The number of hydrogen-bond acceptors (Lipinski definition) is 6. The monoisotopic (exact) mass is 436 g/mol. The average molecular weight is 439 g/mol. The van der Waals surface area contributed by atoms with Crippen molar-refractivity contribution >= 4 is 69.6 Å². The van der Waals surface area contributed by atoms with Crippen LogP contribution in [0, 0.1) is 0 Å². The molecule has 0 spiro atoms. The van der Waals surface area contributed by atoms with Gasteiger partial charge in [0, 0.05) is 0 Å². The van der Waals surface area contributed by atoms with Gasteiger partial charge in [0.05, 0.1) is 6.61 Å². The molecular formula is C10H10Cl6O6. The first-order chi connectivity index (χ1) is 10.1. The highest BCUT2D eigenvalue weighted by Crippen LogP contribution is 2.44. The molecule has 0 bridgehead atoms. The Kier molecular flexibility index (Phi) is 5.27. The van der Waals surface area contributed by atoms with Gasteiger partial charge in [-0.3, -0.25) is 0 Å². The van der Waals surface area contributed by atoms with Crippen molar-refractivity contribution in [3.63, 3.8) is 0 Å². The van der Waals surface area contributed by atoms with Gasteiger partial charge in [-0.1, -0.05) is 69.6 Å². The first kappa shape index (κ1) is 18.3. The van der Waals surface area contributed by atoms with Crippen LogP contribution in [-0.2, 0) is 23.7 Å². The molecule has 3 heterocycles. The van der Waals surface area contributed by atoms with Gasteiger partial charge in [0.15, 0.2) is 6.29 Å². The molecule has 0 unspecified atom stereocenters. The lowest BCUT2D eigenvalue weighted by atomic mass is 10.1. The summed E-state index contributed by atoms with van der Waals surface area (Å²) in [5.41, 5.74) is 0. The fourth-order valence-corrected chi connectivity index (χ4v) is 3.09. The molecule has 3 aliphatic heterocycles. The maximum absolute atomic E-state index is 10.3. The van der Waals surface area contributed by atoms with E-state index >= 15 is 0 Å². The fraction of sp³-hybridized carbons (Fsp3) is 1.00. The highest BCUT2D eigenvalue weighted by Gasteiger charge is 2.59. The molecule has 1 N–H and O–H groups in total. The van der Waals surface area contributed by atoms with E-state index < -0.39 is 50.9 Å². The van der Waals surface area contributed by atoms with Crippen molar-refractivity contribution in [3.05, 3.63) is 0 Å². The quantitative estimate of drug-likeness (QED) is 0.634. The number of aliphatic hydroxyl groups excluding tert-OH is 1. The molecule has 0 amide bonds. The van der Waals surface area contributed by atoms with Crippen molar-refractivity contribution in [1.29, 1.82) is 0 Å². The largest absolute Gasteiger partial charge is 0.387 e. The van der Waals surface area contributed by atoms with Gasteiger partial charge in [-0.25, -0.2) is 0 Å². The molecule has 0 aromatic heterocycles. The van der Waals surface area contributed by atoms with Crippen LogP contribution in [0.3, 0.4) is 0 Å². The molecule has 0 aromatic rings. The number of hydrogen-bond donors (Lipinski definition) is 1. The zero-order valence-electron chi connectivity index (χ0n) is 10.5. The Balaban J connectivity index is 1.62. The van der Waals surface area contributed by atoms with Gasteiger partial charge in [-0.05, 0) is 0 Å². The molecule has 0 saturated carbocycles. The molecule has 128 valence electrons.